The first kappa shape index (κ1) is 28.2. The minimum atomic E-state index is -0.326. The van der Waals surface area contributed by atoms with Crippen LogP contribution in [0.2, 0.25) is 0 Å². The molecular formula is C50H31NO. The van der Waals surface area contributed by atoms with E-state index >= 15 is 0 Å². The zero-order valence-electron chi connectivity index (χ0n) is 28.4. The van der Waals surface area contributed by atoms with Crippen molar-refractivity contribution in [1.82, 2.24) is 4.98 Å². The number of furan rings is 1. The third-order valence-corrected chi connectivity index (χ3v) is 11.9. The summed E-state index contributed by atoms with van der Waals surface area (Å²) in [6.07, 6.45) is 7.15. The molecule has 0 saturated heterocycles. The van der Waals surface area contributed by atoms with Crippen LogP contribution < -0.4 is 0 Å². The second-order valence-electron chi connectivity index (χ2n) is 14.4. The van der Waals surface area contributed by atoms with Crippen molar-refractivity contribution in [1.29, 1.82) is 0 Å². The van der Waals surface area contributed by atoms with Crippen molar-refractivity contribution in [2.24, 2.45) is 0 Å². The lowest BCUT2D eigenvalue weighted by Crippen LogP contribution is -2.26. The van der Waals surface area contributed by atoms with Gasteiger partial charge in [-0.3, -0.25) is 0 Å². The number of hydrogen-bond donors (Lipinski definition) is 0. The molecule has 3 aliphatic rings. The van der Waals surface area contributed by atoms with Crippen molar-refractivity contribution in [2.45, 2.75) is 18.3 Å². The van der Waals surface area contributed by atoms with Crippen LogP contribution in [0.15, 0.2) is 174 Å². The fourth-order valence-corrected chi connectivity index (χ4v) is 9.92. The highest BCUT2D eigenvalue weighted by Gasteiger charge is 2.53. The number of rotatable bonds is 2. The summed E-state index contributed by atoms with van der Waals surface area (Å²) < 4.78 is 6.64. The van der Waals surface area contributed by atoms with Gasteiger partial charge in [0, 0.05) is 32.5 Å². The van der Waals surface area contributed by atoms with Crippen molar-refractivity contribution in [3.63, 3.8) is 0 Å². The number of allylic oxidation sites excluding steroid dienone is 4. The van der Waals surface area contributed by atoms with E-state index in [0.717, 1.165) is 62.3 Å². The average Bonchev–Trinajstić information content (AvgIpc) is 3.85. The molecule has 0 bridgehead atoms. The largest absolute Gasteiger partial charge is 0.456 e. The molecule has 0 radical (unpaired) electrons. The van der Waals surface area contributed by atoms with Crippen molar-refractivity contribution >= 4 is 49.2 Å². The van der Waals surface area contributed by atoms with Gasteiger partial charge in [0.25, 0.3) is 0 Å². The Hall–Kier alpha value is -6.51. The van der Waals surface area contributed by atoms with Gasteiger partial charge in [-0.15, -0.1) is 0 Å². The topological polar surface area (TPSA) is 26.0 Å². The molecule has 0 aliphatic heterocycles. The average molecular weight is 662 g/mol. The Bertz CT molecular complexity index is 3070. The van der Waals surface area contributed by atoms with Crippen LogP contribution in [0.1, 0.15) is 35.1 Å². The van der Waals surface area contributed by atoms with E-state index in [-0.39, 0.29) is 5.41 Å². The minimum absolute atomic E-state index is 0.326. The Morgan fingerprint density at radius 3 is 2.10 bits per heavy atom. The third kappa shape index (κ3) is 3.51. The molecule has 2 heterocycles. The standard InChI is InChI=1S/C50H31NO/c1-2-13-30(14-3-1)49-37-26-28-45-48(47(37)36-18-7-11-24-43(36)51-49)38-29-31(25-27-44(38)52-45)32-19-12-23-42-46(32)35-17-6-10-22-41(35)50(42)39-20-8-4-15-33(39)34-16-5-9-21-40(34)50/h1-4,6-8,10-29H,5,9H2. The van der Waals surface area contributed by atoms with Crippen LogP contribution in [-0.4, -0.2) is 4.98 Å². The molecule has 1 atom stereocenters. The Morgan fingerprint density at radius 1 is 0.481 bits per heavy atom. The van der Waals surface area contributed by atoms with E-state index in [2.05, 4.69) is 164 Å². The molecule has 0 fully saturated rings. The highest BCUT2D eigenvalue weighted by Crippen LogP contribution is 2.65. The summed E-state index contributed by atoms with van der Waals surface area (Å²) in [7, 11) is 0. The van der Waals surface area contributed by atoms with Gasteiger partial charge in [-0.2, -0.15) is 0 Å². The van der Waals surface area contributed by atoms with Crippen molar-refractivity contribution < 1.29 is 4.42 Å². The van der Waals surface area contributed by atoms with Crippen LogP contribution in [0.25, 0.3) is 82.7 Å². The zero-order chi connectivity index (χ0) is 34.0. The maximum Gasteiger partial charge on any atom is 0.136 e. The first-order chi connectivity index (χ1) is 25.8. The highest BCUT2D eigenvalue weighted by atomic mass is 16.3. The fraction of sp³-hybridized carbons (Fsp3) is 0.0600. The maximum atomic E-state index is 6.64. The molecule has 3 aliphatic carbocycles. The van der Waals surface area contributed by atoms with E-state index in [1.807, 2.05) is 0 Å². The van der Waals surface area contributed by atoms with Gasteiger partial charge in [0.2, 0.25) is 0 Å². The summed E-state index contributed by atoms with van der Waals surface area (Å²) >= 11 is 0. The summed E-state index contributed by atoms with van der Waals surface area (Å²) in [5, 5.41) is 5.72. The Balaban J connectivity index is 1.16. The van der Waals surface area contributed by atoms with Crippen LogP contribution >= 0.6 is 0 Å². The highest BCUT2D eigenvalue weighted by molar-refractivity contribution is 6.28. The quantitative estimate of drug-likeness (QED) is 0.172. The van der Waals surface area contributed by atoms with E-state index < -0.39 is 0 Å². The predicted octanol–water partition coefficient (Wildman–Crippen LogP) is 13.1. The van der Waals surface area contributed by atoms with Crippen LogP contribution in [0.3, 0.4) is 0 Å². The van der Waals surface area contributed by atoms with Gasteiger partial charge >= 0.3 is 0 Å². The zero-order valence-corrected chi connectivity index (χ0v) is 28.4. The lowest BCUT2D eigenvalue weighted by Gasteiger charge is -2.31. The van der Waals surface area contributed by atoms with Gasteiger partial charge in [0.05, 0.1) is 16.6 Å². The van der Waals surface area contributed by atoms with Gasteiger partial charge in [-0.1, -0.05) is 133 Å². The molecule has 2 heteroatoms. The third-order valence-electron chi connectivity index (χ3n) is 11.9. The van der Waals surface area contributed by atoms with Crippen LogP contribution in [-0.2, 0) is 5.41 Å². The van der Waals surface area contributed by atoms with Gasteiger partial charge in [0.1, 0.15) is 11.2 Å². The number of fused-ring (bicyclic) bond motifs is 17. The van der Waals surface area contributed by atoms with E-state index in [1.54, 1.807) is 0 Å². The number of benzene rings is 7. The summed E-state index contributed by atoms with van der Waals surface area (Å²) in [5.74, 6) is 0. The molecule has 0 N–H and O–H groups in total. The fourth-order valence-electron chi connectivity index (χ4n) is 9.92. The number of hydrogen-bond acceptors (Lipinski definition) is 2. The Morgan fingerprint density at radius 2 is 1.19 bits per heavy atom. The van der Waals surface area contributed by atoms with Crippen LogP contribution in [0.4, 0.5) is 0 Å². The molecule has 0 saturated carbocycles. The molecule has 1 unspecified atom stereocenters. The van der Waals surface area contributed by atoms with Gasteiger partial charge in [0.15, 0.2) is 0 Å². The monoisotopic (exact) mass is 661 g/mol. The van der Waals surface area contributed by atoms with Crippen molar-refractivity contribution in [3.8, 4) is 33.5 Å². The van der Waals surface area contributed by atoms with Gasteiger partial charge in [-0.05, 0) is 98.8 Å². The number of pyridine rings is 1. The van der Waals surface area contributed by atoms with Gasteiger partial charge < -0.3 is 4.42 Å². The molecule has 12 rings (SSSR count). The van der Waals surface area contributed by atoms with Crippen molar-refractivity contribution in [3.05, 3.63) is 192 Å². The minimum Gasteiger partial charge on any atom is -0.456 e. The molecule has 7 aromatic carbocycles. The molecule has 2 aromatic heterocycles. The molecule has 0 amide bonds. The van der Waals surface area contributed by atoms with E-state index in [9.17, 15) is 0 Å². The second kappa shape index (κ2) is 10.3. The predicted molar refractivity (Wildman–Crippen MR) is 214 cm³/mol. The van der Waals surface area contributed by atoms with Gasteiger partial charge in [-0.25, -0.2) is 4.98 Å². The molecular weight excluding hydrogens is 631 g/mol. The molecule has 9 aromatic rings. The Labute approximate surface area is 301 Å². The SMILES string of the molecule is C1=C2C(=CCC1)C1(c3ccccc32)c2ccccc2-c2c(-c3ccc4oc5ccc6c(-c7ccccc7)nc7ccccc7c6c5c4c3)cccc21. The molecule has 2 nitrogen and oxygen atoms in total. The first-order valence-corrected chi connectivity index (χ1v) is 18.3. The lowest BCUT2D eigenvalue weighted by atomic mass is 9.69. The number of nitrogens with zero attached hydrogens (tertiary/aromatic N) is 1. The van der Waals surface area contributed by atoms with Crippen LogP contribution in [0.5, 0.6) is 0 Å². The van der Waals surface area contributed by atoms with Crippen molar-refractivity contribution in [2.75, 3.05) is 0 Å². The smallest absolute Gasteiger partial charge is 0.136 e. The molecule has 1 spiro atoms. The summed E-state index contributed by atoms with van der Waals surface area (Å²) in [4.78, 5) is 5.21. The summed E-state index contributed by atoms with van der Waals surface area (Å²) in [6.45, 7) is 0. The van der Waals surface area contributed by atoms with E-state index in [0.29, 0.717) is 0 Å². The first-order valence-electron chi connectivity index (χ1n) is 18.3. The lowest BCUT2D eigenvalue weighted by molar-refractivity contribution is 0.669. The maximum absolute atomic E-state index is 6.64. The molecule has 242 valence electrons. The summed E-state index contributed by atoms with van der Waals surface area (Å²) in [6, 6.07) is 55.3. The number of para-hydroxylation sites is 1. The van der Waals surface area contributed by atoms with Crippen LogP contribution in [0, 0.1) is 0 Å². The number of aromatic nitrogens is 1. The second-order valence-corrected chi connectivity index (χ2v) is 14.4. The van der Waals surface area contributed by atoms with E-state index in [1.165, 1.54) is 61.0 Å². The Kier molecular flexibility index (Phi) is 5.58. The normalized spacial score (nSPS) is 17.0. The molecule has 52 heavy (non-hydrogen) atoms. The van der Waals surface area contributed by atoms with E-state index in [4.69, 9.17) is 9.40 Å². The summed E-state index contributed by atoms with van der Waals surface area (Å²) in [5.41, 5.74) is 18.0.